The van der Waals surface area contributed by atoms with Crippen LogP contribution in [0.3, 0.4) is 0 Å². The second-order valence-corrected chi connectivity index (χ2v) is 6.16. The Hall–Kier alpha value is -2.52. The summed E-state index contributed by atoms with van der Waals surface area (Å²) in [6.45, 7) is 2.99. The lowest BCUT2D eigenvalue weighted by Gasteiger charge is -2.19. The topological polar surface area (TPSA) is 96.5 Å². The average Bonchev–Trinajstić information content (AvgIpc) is 3.21. The Morgan fingerprint density at radius 2 is 2.12 bits per heavy atom. The molecule has 1 aliphatic rings. The molecule has 3 rings (SSSR count). The monoisotopic (exact) mass is 349 g/mol. The standard InChI is InChI=1S/C16H20FN5O3/c17-15-7-13(22(24)25)3-4-16(15)19-12-8-18-21(9-12)11-14(23)10-20-5-1-2-6-20/h3-4,7-9,14,19,23H,1-2,5-6,10-11H2/t14-/m1/s1. The third kappa shape index (κ3) is 4.52. The van der Waals surface area contributed by atoms with Crippen LogP contribution in [0.4, 0.5) is 21.5 Å². The SMILES string of the molecule is O=[N+]([O-])c1ccc(Nc2cnn(C[C@H](O)CN3CCCC3)c2)c(F)c1. The van der Waals surface area contributed by atoms with E-state index in [4.69, 9.17) is 0 Å². The van der Waals surface area contributed by atoms with Crippen LogP contribution in [0.5, 0.6) is 0 Å². The first kappa shape index (κ1) is 17.3. The molecule has 1 fully saturated rings. The normalized spacial score (nSPS) is 16.1. The number of nitro benzene ring substituents is 1. The minimum Gasteiger partial charge on any atom is -0.390 e. The van der Waals surface area contributed by atoms with Gasteiger partial charge in [0.15, 0.2) is 5.82 Å². The average molecular weight is 349 g/mol. The van der Waals surface area contributed by atoms with Gasteiger partial charge in [-0.15, -0.1) is 0 Å². The van der Waals surface area contributed by atoms with E-state index in [1.54, 1.807) is 10.9 Å². The minimum absolute atomic E-state index is 0.128. The van der Waals surface area contributed by atoms with Crippen molar-refractivity contribution in [3.05, 3.63) is 46.5 Å². The molecule has 8 nitrogen and oxygen atoms in total. The number of aliphatic hydroxyl groups excluding tert-OH is 1. The van der Waals surface area contributed by atoms with Crippen LogP contribution >= 0.6 is 0 Å². The largest absolute Gasteiger partial charge is 0.390 e. The van der Waals surface area contributed by atoms with E-state index in [-0.39, 0.29) is 11.4 Å². The number of aromatic nitrogens is 2. The van der Waals surface area contributed by atoms with Gasteiger partial charge < -0.3 is 15.3 Å². The number of β-amino-alcohol motifs (C(OH)–C–C–N with tert-alkyl or cyclic N) is 1. The third-order valence-electron chi connectivity index (χ3n) is 4.14. The van der Waals surface area contributed by atoms with Crippen molar-refractivity contribution in [3.8, 4) is 0 Å². The molecule has 1 aromatic carbocycles. The van der Waals surface area contributed by atoms with Crippen LogP contribution in [0, 0.1) is 15.9 Å². The summed E-state index contributed by atoms with van der Waals surface area (Å²) in [7, 11) is 0. The molecule has 134 valence electrons. The van der Waals surface area contributed by atoms with Gasteiger partial charge in [-0.25, -0.2) is 4.39 Å². The van der Waals surface area contributed by atoms with Crippen LogP contribution < -0.4 is 5.32 Å². The number of non-ortho nitro benzene ring substituents is 1. The molecular formula is C16H20FN5O3. The minimum atomic E-state index is -0.712. The summed E-state index contributed by atoms with van der Waals surface area (Å²) in [5, 5.41) is 27.8. The maximum absolute atomic E-state index is 13.9. The molecule has 0 aliphatic carbocycles. The van der Waals surface area contributed by atoms with Crippen molar-refractivity contribution in [3.63, 3.8) is 0 Å². The molecule has 1 aliphatic heterocycles. The second kappa shape index (κ2) is 7.58. The Labute approximate surface area is 144 Å². The molecule has 0 saturated carbocycles. The Bertz CT molecular complexity index is 745. The zero-order valence-electron chi connectivity index (χ0n) is 13.6. The summed E-state index contributed by atoms with van der Waals surface area (Å²) in [5.41, 5.74) is 0.368. The van der Waals surface area contributed by atoms with Crippen LogP contribution in [-0.4, -0.2) is 50.4 Å². The molecular weight excluding hydrogens is 329 g/mol. The fourth-order valence-electron chi connectivity index (χ4n) is 2.94. The highest BCUT2D eigenvalue weighted by atomic mass is 19.1. The molecule has 1 aromatic heterocycles. The summed E-state index contributed by atoms with van der Waals surface area (Å²) in [4.78, 5) is 12.2. The zero-order valence-corrected chi connectivity index (χ0v) is 13.6. The Kier molecular flexibility index (Phi) is 5.25. The van der Waals surface area contributed by atoms with Crippen LogP contribution in [0.2, 0.25) is 0 Å². The first-order chi connectivity index (χ1) is 12.0. The number of anilines is 2. The quantitative estimate of drug-likeness (QED) is 0.587. The van der Waals surface area contributed by atoms with Gasteiger partial charge in [0.2, 0.25) is 0 Å². The van der Waals surface area contributed by atoms with Crippen LogP contribution in [-0.2, 0) is 6.54 Å². The van der Waals surface area contributed by atoms with E-state index in [2.05, 4.69) is 15.3 Å². The van der Waals surface area contributed by atoms with E-state index >= 15 is 0 Å². The lowest BCUT2D eigenvalue weighted by molar-refractivity contribution is -0.385. The molecule has 25 heavy (non-hydrogen) atoms. The van der Waals surface area contributed by atoms with Crippen molar-refractivity contribution in [2.45, 2.75) is 25.5 Å². The number of benzene rings is 1. The van der Waals surface area contributed by atoms with E-state index in [0.29, 0.717) is 18.8 Å². The first-order valence-electron chi connectivity index (χ1n) is 8.15. The Morgan fingerprint density at radius 1 is 1.36 bits per heavy atom. The van der Waals surface area contributed by atoms with Crippen LogP contribution in [0.1, 0.15) is 12.8 Å². The van der Waals surface area contributed by atoms with Crippen LogP contribution in [0.25, 0.3) is 0 Å². The summed E-state index contributed by atoms with van der Waals surface area (Å²) in [6, 6.07) is 3.41. The predicted molar refractivity (Wildman–Crippen MR) is 90.2 cm³/mol. The van der Waals surface area contributed by atoms with Crippen molar-refractivity contribution in [2.24, 2.45) is 0 Å². The van der Waals surface area contributed by atoms with Crippen molar-refractivity contribution in [2.75, 3.05) is 25.0 Å². The number of nitro groups is 1. The van der Waals surface area contributed by atoms with E-state index in [9.17, 15) is 19.6 Å². The van der Waals surface area contributed by atoms with E-state index in [1.165, 1.54) is 31.2 Å². The highest BCUT2D eigenvalue weighted by Gasteiger charge is 2.16. The molecule has 2 aromatic rings. The molecule has 1 atom stereocenters. The fraction of sp³-hybridized carbons (Fsp3) is 0.438. The lowest BCUT2D eigenvalue weighted by Crippen LogP contribution is -2.32. The molecule has 0 unspecified atom stereocenters. The van der Waals surface area contributed by atoms with E-state index in [0.717, 1.165) is 19.2 Å². The number of nitrogens with one attached hydrogen (secondary N) is 1. The fourth-order valence-corrected chi connectivity index (χ4v) is 2.94. The number of rotatable bonds is 7. The van der Waals surface area contributed by atoms with Gasteiger partial charge >= 0.3 is 0 Å². The van der Waals surface area contributed by atoms with E-state index < -0.39 is 16.8 Å². The van der Waals surface area contributed by atoms with Gasteiger partial charge in [0.05, 0.1) is 41.2 Å². The molecule has 2 N–H and O–H groups in total. The molecule has 9 heteroatoms. The predicted octanol–water partition coefficient (Wildman–Crippen LogP) is 2.13. The second-order valence-electron chi connectivity index (χ2n) is 6.16. The smallest absolute Gasteiger partial charge is 0.272 e. The van der Waals surface area contributed by atoms with E-state index in [1.807, 2.05) is 0 Å². The number of likely N-dealkylation sites (tertiary alicyclic amines) is 1. The van der Waals surface area contributed by atoms with Crippen molar-refractivity contribution in [1.29, 1.82) is 0 Å². The van der Waals surface area contributed by atoms with Gasteiger partial charge in [0.25, 0.3) is 5.69 Å². The number of nitrogens with zero attached hydrogens (tertiary/aromatic N) is 4. The Balaban J connectivity index is 1.58. The number of hydrogen-bond donors (Lipinski definition) is 2. The van der Waals surface area contributed by atoms with Gasteiger partial charge in [0, 0.05) is 18.8 Å². The van der Waals surface area contributed by atoms with Gasteiger partial charge in [0.1, 0.15) is 0 Å². The summed E-state index contributed by atoms with van der Waals surface area (Å²) >= 11 is 0. The zero-order chi connectivity index (χ0) is 17.8. The molecule has 1 saturated heterocycles. The molecule has 2 heterocycles. The van der Waals surface area contributed by atoms with Crippen molar-refractivity contribution in [1.82, 2.24) is 14.7 Å². The summed E-state index contributed by atoms with van der Waals surface area (Å²) in [5.74, 6) is -0.712. The van der Waals surface area contributed by atoms with Crippen molar-refractivity contribution >= 4 is 17.1 Å². The van der Waals surface area contributed by atoms with Crippen molar-refractivity contribution < 1.29 is 14.4 Å². The molecule has 0 radical (unpaired) electrons. The van der Waals surface area contributed by atoms with Gasteiger partial charge in [-0.3, -0.25) is 14.8 Å². The first-order valence-corrected chi connectivity index (χ1v) is 8.15. The maximum Gasteiger partial charge on any atom is 0.272 e. The highest BCUT2D eigenvalue weighted by molar-refractivity contribution is 5.60. The summed E-state index contributed by atoms with van der Waals surface area (Å²) < 4.78 is 15.5. The number of halogens is 1. The molecule has 0 bridgehead atoms. The highest BCUT2D eigenvalue weighted by Crippen LogP contribution is 2.23. The third-order valence-corrected chi connectivity index (χ3v) is 4.14. The van der Waals surface area contributed by atoms with Crippen LogP contribution in [0.15, 0.2) is 30.6 Å². The lowest BCUT2D eigenvalue weighted by atomic mass is 10.2. The number of hydrogen-bond acceptors (Lipinski definition) is 6. The number of aliphatic hydroxyl groups is 1. The van der Waals surface area contributed by atoms with Gasteiger partial charge in [-0.2, -0.15) is 5.10 Å². The molecule has 0 amide bonds. The van der Waals surface area contributed by atoms with Gasteiger partial charge in [-0.1, -0.05) is 0 Å². The van der Waals surface area contributed by atoms with Gasteiger partial charge in [-0.05, 0) is 32.0 Å². The maximum atomic E-state index is 13.9. The Morgan fingerprint density at radius 3 is 2.80 bits per heavy atom. The molecule has 0 spiro atoms. The summed E-state index contributed by atoms with van der Waals surface area (Å²) in [6.07, 6.45) is 4.99.